The largest absolute Gasteiger partial charge is 0.380 e. The molecule has 1 fully saturated rings. The smallest absolute Gasteiger partial charge is 0.251 e. The van der Waals surface area contributed by atoms with E-state index < -0.39 is 0 Å². The number of ether oxygens (including phenoxy) is 1. The van der Waals surface area contributed by atoms with E-state index in [-0.39, 0.29) is 5.91 Å². The molecule has 1 aromatic carbocycles. The van der Waals surface area contributed by atoms with E-state index in [1.54, 1.807) is 7.11 Å². The van der Waals surface area contributed by atoms with Crippen molar-refractivity contribution in [2.24, 2.45) is 0 Å². The molecule has 132 valence electrons. The molecule has 0 bridgehead atoms. The molecule has 1 amide bonds. The van der Waals surface area contributed by atoms with Crippen LogP contribution in [0.4, 0.5) is 5.82 Å². The Hall–Kier alpha value is -2.40. The average molecular weight is 339 g/mol. The molecule has 5 nitrogen and oxygen atoms in total. The van der Waals surface area contributed by atoms with E-state index in [2.05, 4.69) is 15.2 Å². The zero-order chi connectivity index (χ0) is 17.5. The summed E-state index contributed by atoms with van der Waals surface area (Å²) in [6, 6.07) is 11.5. The minimum atomic E-state index is -0.0823. The van der Waals surface area contributed by atoms with Gasteiger partial charge in [0.2, 0.25) is 0 Å². The predicted molar refractivity (Wildman–Crippen MR) is 98.6 cm³/mol. The van der Waals surface area contributed by atoms with Gasteiger partial charge in [0, 0.05) is 44.1 Å². The minimum Gasteiger partial charge on any atom is -0.380 e. The number of hydrogen-bond acceptors (Lipinski definition) is 4. The molecular weight excluding hydrogens is 314 g/mol. The van der Waals surface area contributed by atoms with E-state index in [0.717, 1.165) is 30.0 Å². The van der Waals surface area contributed by atoms with Gasteiger partial charge >= 0.3 is 0 Å². The summed E-state index contributed by atoms with van der Waals surface area (Å²) in [5.41, 5.74) is 2.61. The Labute approximate surface area is 149 Å². The van der Waals surface area contributed by atoms with Gasteiger partial charge in [-0.05, 0) is 37.0 Å². The highest BCUT2D eigenvalue weighted by Crippen LogP contribution is 2.21. The Balaban J connectivity index is 1.70. The zero-order valence-electron chi connectivity index (χ0n) is 14.7. The van der Waals surface area contributed by atoms with Crippen molar-refractivity contribution in [3.63, 3.8) is 0 Å². The molecule has 0 saturated carbocycles. The average Bonchev–Trinajstić information content (AvgIpc) is 2.68. The van der Waals surface area contributed by atoms with Crippen molar-refractivity contribution in [2.45, 2.75) is 32.4 Å². The molecule has 0 atom stereocenters. The molecule has 1 saturated heterocycles. The van der Waals surface area contributed by atoms with Crippen LogP contribution >= 0.6 is 0 Å². The Morgan fingerprint density at radius 3 is 2.68 bits per heavy atom. The second-order valence-corrected chi connectivity index (χ2v) is 6.31. The van der Waals surface area contributed by atoms with Crippen molar-refractivity contribution < 1.29 is 9.53 Å². The maximum atomic E-state index is 12.6. The van der Waals surface area contributed by atoms with Crippen LogP contribution in [0.2, 0.25) is 0 Å². The first-order chi connectivity index (χ1) is 12.3. The van der Waals surface area contributed by atoms with Crippen molar-refractivity contribution in [2.75, 3.05) is 25.1 Å². The maximum absolute atomic E-state index is 12.6. The normalized spacial score (nSPS) is 14.4. The van der Waals surface area contributed by atoms with Crippen LogP contribution in [0.5, 0.6) is 0 Å². The van der Waals surface area contributed by atoms with Gasteiger partial charge in [0.1, 0.15) is 5.82 Å². The molecule has 1 aromatic heterocycles. The molecule has 1 aliphatic rings. The highest BCUT2D eigenvalue weighted by atomic mass is 16.5. The number of aromatic nitrogens is 1. The Bertz CT molecular complexity index is 712. The van der Waals surface area contributed by atoms with Crippen LogP contribution in [0.3, 0.4) is 0 Å². The summed E-state index contributed by atoms with van der Waals surface area (Å²) < 4.78 is 5.18. The molecule has 1 aliphatic heterocycles. The van der Waals surface area contributed by atoms with E-state index in [4.69, 9.17) is 4.74 Å². The Kier molecular flexibility index (Phi) is 6.01. The van der Waals surface area contributed by atoms with Crippen LogP contribution in [-0.2, 0) is 17.9 Å². The number of rotatable bonds is 6. The topological polar surface area (TPSA) is 54.5 Å². The van der Waals surface area contributed by atoms with E-state index in [0.29, 0.717) is 18.7 Å². The van der Waals surface area contributed by atoms with Crippen LogP contribution in [0, 0.1) is 0 Å². The van der Waals surface area contributed by atoms with Crippen LogP contribution < -0.4 is 10.2 Å². The molecule has 0 aliphatic carbocycles. The fourth-order valence-electron chi connectivity index (χ4n) is 3.25. The quantitative estimate of drug-likeness (QED) is 0.878. The van der Waals surface area contributed by atoms with Gasteiger partial charge in [-0.15, -0.1) is 0 Å². The molecule has 1 N–H and O–H groups in total. The van der Waals surface area contributed by atoms with Gasteiger partial charge in [0.15, 0.2) is 0 Å². The Morgan fingerprint density at radius 1 is 1.12 bits per heavy atom. The monoisotopic (exact) mass is 339 g/mol. The van der Waals surface area contributed by atoms with E-state index in [9.17, 15) is 4.79 Å². The van der Waals surface area contributed by atoms with Gasteiger partial charge in [0.05, 0.1) is 6.61 Å². The lowest BCUT2D eigenvalue weighted by molar-refractivity contribution is 0.0946. The second-order valence-electron chi connectivity index (χ2n) is 6.31. The van der Waals surface area contributed by atoms with E-state index in [1.165, 1.54) is 19.3 Å². The van der Waals surface area contributed by atoms with Crippen molar-refractivity contribution in [1.82, 2.24) is 10.3 Å². The SMILES string of the molecule is COCc1ccccc1C(=O)NCc1cccnc1N1CCCCC1. The summed E-state index contributed by atoms with van der Waals surface area (Å²) in [5, 5.41) is 3.03. The molecule has 0 radical (unpaired) electrons. The van der Waals surface area contributed by atoms with Crippen molar-refractivity contribution >= 4 is 11.7 Å². The molecule has 5 heteroatoms. The van der Waals surface area contributed by atoms with Crippen molar-refractivity contribution in [1.29, 1.82) is 0 Å². The molecule has 3 rings (SSSR count). The second kappa shape index (κ2) is 8.62. The number of methoxy groups -OCH3 is 1. The van der Waals surface area contributed by atoms with Crippen molar-refractivity contribution in [3.05, 3.63) is 59.3 Å². The number of hydrogen-bond donors (Lipinski definition) is 1. The lowest BCUT2D eigenvalue weighted by Gasteiger charge is -2.29. The van der Waals surface area contributed by atoms with Crippen LogP contribution in [0.15, 0.2) is 42.6 Å². The fraction of sp³-hybridized carbons (Fsp3) is 0.400. The number of pyridine rings is 1. The van der Waals surface area contributed by atoms with Crippen LogP contribution in [-0.4, -0.2) is 31.1 Å². The Morgan fingerprint density at radius 2 is 1.88 bits per heavy atom. The third kappa shape index (κ3) is 4.37. The molecule has 25 heavy (non-hydrogen) atoms. The summed E-state index contributed by atoms with van der Waals surface area (Å²) >= 11 is 0. The number of anilines is 1. The summed E-state index contributed by atoms with van der Waals surface area (Å²) in [4.78, 5) is 19.5. The van der Waals surface area contributed by atoms with Gasteiger partial charge in [-0.3, -0.25) is 4.79 Å². The minimum absolute atomic E-state index is 0.0823. The standard InChI is InChI=1S/C20H25N3O2/c1-25-15-17-8-3-4-10-18(17)20(24)22-14-16-9-7-11-21-19(16)23-12-5-2-6-13-23/h3-4,7-11H,2,5-6,12-15H2,1H3,(H,22,24). The van der Waals surface area contributed by atoms with E-state index >= 15 is 0 Å². The van der Waals surface area contributed by atoms with E-state index in [1.807, 2.05) is 42.6 Å². The number of nitrogens with one attached hydrogen (secondary N) is 1. The van der Waals surface area contributed by atoms with Gasteiger partial charge in [-0.1, -0.05) is 24.3 Å². The van der Waals surface area contributed by atoms with Gasteiger partial charge in [-0.2, -0.15) is 0 Å². The number of benzene rings is 1. The lowest BCUT2D eigenvalue weighted by Crippen LogP contribution is -2.32. The molecular formula is C20H25N3O2. The summed E-state index contributed by atoms with van der Waals surface area (Å²) in [7, 11) is 1.63. The number of carbonyl (C=O) groups excluding carboxylic acids is 1. The highest BCUT2D eigenvalue weighted by molar-refractivity contribution is 5.95. The lowest BCUT2D eigenvalue weighted by atomic mass is 10.1. The fourth-order valence-corrected chi connectivity index (χ4v) is 3.25. The third-order valence-corrected chi connectivity index (χ3v) is 4.52. The molecule has 0 spiro atoms. The molecule has 0 unspecified atom stereocenters. The number of carbonyl (C=O) groups is 1. The van der Waals surface area contributed by atoms with Gasteiger partial charge < -0.3 is 15.0 Å². The summed E-state index contributed by atoms with van der Waals surface area (Å²) in [6.07, 6.45) is 5.51. The summed E-state index contributed by atoms with van der Waals surface area (Å²) in [5.74, 6) is 0.911. The van der Waals surface area contributed by atoms with Gasteiger partial charge in [0.25, 0.3) is 5.91 Å². The first-order valence-electron chi connectivity index (χ1n) is 8.83. The first-order valence-corrected chi connectivity index (χ1v) is 8.83. The number of piperidine rings is 1. The number of nitrogens with zero attached hydrogens (tertiary/aromatic N) is 2. The van der Waals surface area contributed by atoms with Crippen molar-refractivity contribution in [3.8, 4) is 0 Å². The zero-order valence-corrected chi connectivity index (χ0v) is 14.7. The molecule has 2 heterocycles. The van der Waals surface area contributed by atoms with Crippen LogP contribution in [0.1, 0.15) is 40.7 Å². The predicted octanol–water partition coefficient (Wildman–Crippen LogP) is 3.15. The van der Waals surface area contributed by atoms with Gasteiger partial charge in [-0.25, -0.2) is 4.98 Å². The first kappa shape index (κ1) is 17.4. The van der Waals surface area contributed by atoms with Crippen LogP contribution in [0.25, 0.3) is 0 Å². The maximum Gasteiger partial charge on any atom is 0.251 e. The highest BCUT2D eigenvalue weighted by Gasteiger charge is 2.16. The third-order valence-electron chi connectivity index (χ3n) is 4.52. The number of amides is 1. The summed E-state index contributed by atoms with van der Waals surface area (Å²) in [6.45, 7) is 2.97. The molecule has 2 aromatic rings.